The van der Waals surface area contributed by atoms with Crippen LogP contribution in [-0.4, -0.2) is 38.4 Å². The summed E-state index contributed by atoms with van der Waals surface area (Å²) in [6.45, 7) is 4.94. The molecule has 0 aromatic carbocycles. The molecule has 7 nitrogen and oxygen atoms in total. The van der Waals surface area contributed by atoms with Crippen molar-refractivity contribution in [3.8, 4) is 0 Å². The molecule has 0 aromatic heterocycles. The lowest BCUT2D eigenvalue weighted by atomic mass is 10.8. The van der Waals surface area contributed by atoms with Crippen LogP contribution in [0.4, 0.5) is 0 Å². The van der Waals surface area contributed by atoms with Gasteiger partial charge < -0.3 is 18.0 Å². The summed E-state index contributed by atoms with van der Waals surface area (Å²) in [5, 5.41) is 0.274. The van der Waals surface area contributed by atoms with E-state index >= 15 is 0 Å². The molecule has 0 amide bonds. The SMILES string of the molecule is CC(=O)O[Si](CCOC(C)=S)(OC(C)=O)OC(C)=O. The van der Waals surface area contributed by atoms with E-state index in [1.54, 1.807) is 6.92 Å². The normalized spacial score (nSPS) is 10.3. The molecule has 108 valence electrons. The Morgan fingerprint density at radius 2 is 1.26 bits per heavy atom. The van der Waals surface area contributed by atoms with Crippen molar-refractivity contribution < 1.29 is 32.4 Å². The first-order valence-corrected chi connectivity index (χ1v) is 7.73. The van der Waals surface area contributed by atoms with E-state index in [9.17, 15) is 14.4 Å². The van der Waals surface area contributed by atoms with E-state index in [0.717, 1.165) is 20.8 Å². The van der Waals surface area contributed by atoms with Crippen molar-refractivity contribution in [1.29, 1.82) is 0 Å². The first-order chi connectivity index (χ1) is 8.67. The van der Waals surface area contributed by atoms with Gasteiger partial charge in [0.15, 0.2) is 5.05 Å². The summed E-state index contributed by atoms with van der Waals surface area (Å²) in [5.74, 6) is -2.14. The molecule has 19 heavy (non-hydrogen) atoms. The fourth-order valence-corrected chi connectivity index (χ4v) is 3.37. The Kier molecular flexibility index (Phi) is 7.23. The van der Waals surface area contributed by atoms with Crippen LogP contribution in [0.5, 0.6) is 0 Å². The molecule has 0 aliphatic rings. The molecule has 0 aliphatic carbocycles. The monoisotopic (exact) mass is 308 g/mol. The van der Waals surface area contributed by atoms with Gasteiger partial charge in [-0.3, -0.25) is 14.4 Å². The molecule has 0 atom stereocenters. The van der Waals surface area contributed by atoms with Gasteiger partial charge in [0.25, 0.3) is 17.9 Å². The van der Waals surface area contributed by atoms with Crippen molar-refractivity contribution in [2.24, 2.45) is 0 Å². The Balaban J connectivity index is 4.97. The fourth-order valence-electron chi connectivity index (χ4n) is 1.19. The van der Waals surface area contributed by atoms with Crippen LogP contribution in [0.25, 0.3) is 0 Å². The van der Waals surface area contributed by atoms with Crippen molar-refractivity contribution >= 4 is 44.0 Å². The summed E-state index contributed by atoms with van der Waals surface area (Å²) in [7, 11) is -3.78. The number of carbonyl (C=O) groups excluding carboxylic acids is 3. The van der Waals surface area contributed by atoms with Crippen LogP contribution in [-0.2, 0) is 32.4 Å². The highest BCUT2D eigenvalue weighted by atomic mass is 32.1. The van der Waals surface area contributed by atoms with Crippen molar-refractivity contribution in [3.05, 3.63) is 0 Å². The minimum atomic E-state index is -3.78. The molecular formula is C10H16O7SSi. The van der Waals surface area contributed by atoms with Crippen LogP contribution in [0.3, 0.4) is 0 Å². The Morgan fingerprint density at radius 1 is 0.895 bits per heavy atom. The molecule has 0 fully saturated rings. The standard InChI is InChI=1S/C10H16O7SSi/c1-7(11)15-19(16-8(2)12,17-9(3)13)6-5-14-10(4)18/h5-6H2,1-4H3. The van der Waals surface area contributed by atoms with Crippen LogP contribution >= 0.6 is 12.2 Å². The molecule has 0 aliphatic heterocycles. The van der Waals surface area contributed by atoms with E-state index in [2.05, 4.69) is 0 Å². The second-order valence-electron chi connectivity index (χ2n) is 3.55. The molecule has 0 spiro atoms. The Labute approximate surface area is 117 Å². The van der Waals surface area contributed by atoms with Crippen LogP contribution in [0.2, 0.25) is 6.04 Å². The van der Waals surface area contributed by atoms with Gasteiger partial charge in [0, 0.05) is 27.7 Å². The lowest BCUT2D eigenvalue weighted by Crippen LogP contribution is -2.50. The summed E-state index contributed by atoms with van der Waals surface area (Å²) in [5.41, 5.74) is 0. The number of ether oxygens (including phenoxy) is 1. The fraction of sp³-hybridized carbons (Fsp3) is 0.600. The smallest absolute Gasteiger partial charge is 0.487 e. The number of carbonyl (C=O) groups is 3. The van der Waals surface area contributed by atoms with Gasteiger partial charge in [0.2, 0.25) is 0 Å². The summed E-state index contributed by atoms with van der Waals surface area (Å²) < 4.78 is 19.8. The number of hydrogen-bond donors (Lipinski definition) is 0. The van der Waals surface area contributed by atoms with E-state index in [4.69, 9.17) is 30.2 Å². The topological polar surface area (TPSA) is 88.1 Å². The minimum Gasteiger partial charge on any atom is -0.487 e. The summed E-state index contributed by atoms with van der Waals surface area (Å²) in [6, 6.07) is -0.0558. The average molecular weight is 308 g/mol. The van der Waals surface area contributed by atoms with Crippen molar-refractivity contribution in [1.82, 2.24) is 0 Å². The molecule has 0 saturated carbocycles. The van der Waals surface area contributed by atoms with Crippen LogP contribution in [0.15, 0.2) is 0 Å². The lowest BCUT2D eigenvalue weighted by molar-refractivity contribution is -0.147. The van der Waals surface area contributed by atoms with Gasteiger partial charge in [-0.2, -0.15) is 0 Å². The molecule has 0 heterocycles. The van der Waals surface area contributed by atoms with Gasteiger partial charge in [-0.15, -0.1) is 0 Å². The van der Waals surface area contributed by atoms with E-state index in [1.807, 2.05) is 0 Å². The van der Waals surface area contributed by atoms with Crippen molar-refractivity contribution in [2.45, 2.75) is 33.7 Å². The zero-order valence-electron chi connectivity index (χ0n) is 11.2. The molecule has 9 heteroatoms. The van der Waals surface area contributed by atoms with Gasteiger partial charge >= 0.3 is 8.80 Å². The molecule has 0 aromatic rings. The van der Waals surface area contributed by atoms with Gasteiger partial charge in [0.1, 0.15) is 0 Å². The number of hydrogen-bond acceptors (Lipinski definition) is 8. The summed E-state index contributed by atoms with van der Waals surface area (Å²) in [6.07, 6.45) is 0. The maximum Gasteiger partial charge on any atom is 0.708 e. The molecular weight excluding hydrogens is 292 g/mol. The average Bonchev–Trinajstić information content (AvgIpc) is 2.12. The van der Waals surface area contributed by atoms with E-state index in [0.29, 0.717) is 0 Å². The molecule has 0 N–H and O–H groups in total. The van der Waals surface area contributed by atoms with Crippen molar-refractivity contribution in [2.75, 3.05) is 6.61 Å². The zero-order valence-corrected chi connectivity index (χ0v) is 13.0. The van der Waals surface area contributed by atoms with Gasteiger partial charge in [-0.1, -0.05) is 0 Å². The largest absolute Gasteiger partial charge is 0.708 e. The summed E-state index contributed by atoms with van der Waals surface area (Å²) >= 11 is 4.72. The third kappa shape index (κ3) is 8.27. The van der Waals surface area contributed by atoms with E-state index in [-0.39, 0.29) is 17.7 Å². The maximum absolute atomic E-state index is 11.1. The maximum atomic E-state index is 11.1. The number of rotatable bonds is 6. The third-order valence-corrected chi connectivity index (χ3v) is 4.34. The highest BCUT2D eigenvalue weighted by molar-refractivity contribution is 7.80. The van der Waals surface area contributed by atoms with Crippen LogP contribution in [0, 0.1) is 0 Å². The highest BCUT2D eigenvalue weighted by Crippen LogP contribution is 2.17. The van der Waals surface area contributed by atoms with Crippen LogP contribution in [0.1, 0.15) is 27.7 Å². The first-order valence-electron chi connectivity index (χ1n) is 5.39. The molecule has 0 bridgehead atoms. The Hall–Kier alpha value is -1.48. The van der Waals surface area contributed by atoms with Crippen LogP contribution < -0.4 is 0 Å². The third-order valence-electron chi connectivity index (χ3n) is 1.61. The Morgan fingerprint density at radius 3 is 1.53 bits per heavy atom. The number of thiocarbonyl (C=S) groups is 1. The van der Waals surface area contributed by atoms with E-state index in [1.165, 1.54) is 0 Å². The zero-order chi connectivity index (χ0) is 15.1. The van der Waals surface area contributed by atoms with E-state index < -0.39 is 26.7 Å². The van der Waals surface area contributed by atoms with Gasteiger partial charge in [-0.05, 0) is 12.2 Å². The second kappa shape index (κ2) is 7.84. The van der Waals surface area contributed by atoms with Gasteiger partial charge in [-0.25, -0.2) is 0 Å². The second-order valence-corrected chi connectivity index (χ2v) is 6.61. The summed E-state index contributed by atoms with van der Waals surface area (Å²) in [4.78, 5) is 33.2. The predicted octanol–water partition coefficient (Wildman–Crippen LogP) is 0.978. The minimum absolute atomic E-state index is 0.00932. The Bertz CT molecular complexity index is 341. The highest BCUT2D eigenvalue weighted by Gasteiger charge is 2.51. The molecule has 0 saturated heterocycles. The van der Waals surface area contributed by atoms with Crippen molar-refractivity contribution in [3.63, 3.8) is 0 Å². The first kappa shape index (κ1) is 17.5. The quantitative estimate of drug-likeness (QED) is 0.530. The lowest BCUT2D eigenvalue weighted by Gasteiger charge is -2.25. The molecule has 0 radical (unpaired) electrons. The predicted molar refractivity (Wildman–Crippen MR) is 70.1 cm³/mol. The molecule has 0 unspecified atom stereocenters. The molecule has 0 rings (SSSR count). The van der Waals surface area contributed by atoms with Gasteiger partial charge in [0.05, 0.1) is 12.7 Å².